The molecule has 10 rings (SSSR count). The van der Waals surface area contributed by atoms with Gasteiger partial charge in [-0.3, -0.25) is 0 Å². The lowest BCUT2D eigenvalue weighted by Crippen LogP contribution is -2.10. The van der Waals surface area contributed by atoms with Crippen molar-refractivity contribution < 1.29 is 4.42 Å². The van der Waals surface area contributed by atoms with Crippen molar-refractivity contribution in [1.82, 2.24) is 0 Å². The predicted octanol–water partition coefficient (Wildman–Crippen LogP) is 13.9. The number of fused-ring (bicyclic) bond motifs is 7. The van der Waals surface area contributed by atoms with Crippen LogP contribution in [0.1, 0.15) is 0 Å². The summed E-state index contributed by atoms with van der Waals surface area (Å²) >= 11 is 1.85. The molecule has 49 heavy (non-hydrogen) atoms. The van der Waals surface area contributed by atoms with E-state index in [4.69, 9.17) is 4.42 Å². The molecule has 10 aromatic rings. The van der Waals surface area contributed by atoms with Crippen molar-refractivity contribution in [3.63, 3.8) is 0 Å². The molecule has 0 bridgehead atoms. The largest absolute Gasteiger partial charge is 0.456 e. The minimum absolute atomic E-state index is 0.925. The van der Waals surface area contributed by atoms with Gasteiger partial charge in [0.2, 0.25) is 0 Å². The van der Waals surface area contributed by atoms with E-state index < -0.39 is 0 Å². The van der Waals surface area contributed by atoms with Crippen molar-refractivity contribution in [2.24, 2.45) is 0 Å². The fourth-order valence-corrected chi connectivity index (χ4v) is 8.38. The van der Waals surface area contributed by atoms with Gasteiger partial charge in [-0.2, -0.15) is 0 Å². The molecule has 0 radical (unpaired) electrons. The number of hydrogen-bond donors (Lipinski definition) is 0. The summed E-state index contributed by atoms with van der Waals surface area (Å²) in [5.74, 6) is 0. The SMILES string of the molecule is c1ccc(-c2ccc(N(c3ccc(-c4ccc5cc6oc7ccccc7c6cc5c4)cc3)c3cccc4sc5ccccc5c34)cc2)cc1. The summed E-state index contributed by atoms with van der Waals surface area (Å²) in [5, 5.41) is 7.26. The Labute approximate surface area is 287 Å². The molecule has 0 unspecified atom stereocenters. The lowest BCUT2D eigenvalue weighted by molar-refractivity contribution is 0.669. The molecule has 0 aliphatic heterocycles. The Morgan fingerprint density at radius 1 is 0.388 bits per heavy atom. The lowest BCUT2D eigenvalue weighted by atomic mass is 9.99. The summed E-state index contributed by atoms with van der Waals surface area (Å²) in [5.41, 5.74) is 10.1. The fourth-order valence-electron chi connectivity index (χ4n) is 7.25. The van der Waals surface area contributed by atoms with Crippen molar-refractivity contribution in [2.45, 2.75) is 0 Å². The molecule has 2 heterocycles. The first-order valence-electron chi connectivity index (χ1n) is 16.6. The van der Waals surface area contributed by atoms with Crippen molar-refractivity contribution in [3.8, 4) is 22.3 Å². The normalized spacial score (nSPS) is 11.7. The molecule has 2 aromatic heterocycles. The Balaban J connectivity index is 1.09. The van der Waals surface area contributed by atoms with E-state index in [2.05, 4.69) is 169 Å². The van der Waals surface area contributed by atoms with E-state index >= 15 is 0 Å². The Bertz CT molecular complexity index is 2810. The third kappa shape index (κ3) is 4.70. The van der Waals surface area contributed by atoms with Crippen LogP contribution in [0.2, 0.25) is 0 Å². The Hall–Kier alpha value is -6.16. The highest BCUT2D eigenvalue weighted by Crippen LogP contribution is 2.45. The zero-order chi connectivity index (χ0) is 32.3. The molecule has 0 fully saturated rings. The Morgan fingerprint density at radius 3 is 1.82 bits per heavy atom. The van der Waals surface area contributed by atoms with Gasteiger partial charge in [0.15, 0.2) is 0 Å². The third-order valence-corrected chi connectivity index (χ3v) is 10.8. The first-order valence-corrected chi connectivity index (χ1v) is 17.4. The van der Waals surface area contributed by atoms with Crippen LogP contribution < -0.4 is 4.90 Å². The number of para-hydroxylation sites is 1. The van der Waals surface area contributed by atoms with E-state index in [1.807, 2.05) is 23.5 Å². The molecule has 0 N–H and O–H groups in total. The molecule has 0 atom stereocenters. The van der Waals surface area contributed by atoms with E-state index in [1.54, 1.807) is 0 Å². The lowest BCUT2D eigenvalue weighted by Gasteiger charge is -2.27. The first-order chi connectivity index (χ1) is 24.3. The van der Waals surface area contributed by atoms with E-state index in [9.17, 15) is 0 Å². The summed E-state index contributed by atoms with van der Waals surface area (Å²) in [6.07, 6.45) is 0. The zero-order valence-electron chi connectivity index (χ0n) is 26.5. The van der Waals surface area contributed by atoms with Crippen molar-refractivity contribution in [2.75, 3.05) is 4.90 Å². The van der Waals surface area contributed by atoms with Gasteiger partial charge in [0.25, 0.3) is 0 Å². The smallest absolute Gasteiger partial charge is 0.136 e. The van der Waals surface area contributed by atoms with E-state index in [0.29, 0.717) is 0 Å². The molecule has 0 amide bonds. The number of hydrogen-bond acceptors (Lipinski definition) is 3. The van der Waals surface area contributed by atoms with Gasteiger partial charge in [0, 0.05) is 42.3 Å². The number of furan rings is 1. The van der Waals surface area contributed by atoms with Crippen LogP contribution in [0, 0.1) is 0 Å². The molecule has 3 heteroatoms. The summed E-state index contributed by atoms with van der Waals surface area (Å²) in [6.45, 7) is 0. The number of thiophene rings is 1. The van der Waals surface area contributed by atoms with Gasteiger partial charge in [-0.25, -0.2) is 0 Å². The summed E-state index contributed by atoms with van der Waals surface area (Å²) in [6, 6.07) is 63.3. The van der Waals surface area contributed by atoms with E-state index in [0.717, 1.165) is 33.3 Å². The topological polar surface area (TPSA) is 16.4 Å². The highest BCUT2D eigenvalue weighted by Gasteiger charge is 2.19. The van der Waals surface area contributed by atoms with Crippen LogP contribution in [-0.4, -0.2) is 0 Å². The van der Waals surface area contributed by atoms with Crippen LogP contribution in [0.4, 0.5) is 17.1 Å². The monoisotopic (exact) mass is 643 g/mol. The molecule has 8 aromatic carbocycles. The van der Waals surface area contributed by atoms with E-state index in [-0.39, 0.29) is 0 Å². The van der Waals surface area contributed by atoms with Crippen LogP contribution in [0.25, 0.3) is 75.1 Å². The minimum atomic E-state index is 0.925. The van der Waals surface area contributed by atoms with Crippen LogP contribution in [0.5, 0.6) is 0 Å². The molecule has 0 saturated heterocycles. The molecular formula is C46H29NOS. The van der Waals surface area contributed by atoms with E-state index in [1.165, 1.54) is 58.9 Å². The van der Waals surface area contributed by atoms with Gasteiger partial charge in [0.05, 0.1) is 5.69 Å². The van der Waals surface area contributed by atoms with Gasteiger partial charge in [-0.15, -0.1) is 11.3 Å². The molecule has 0 saturated carbocycles. The fraction of sp³-hybridized carbons (Fsp3) is 0. The van der Waals surface area contributed by atoms with Gasteiger partial charge >= 0.3 is 0 Å². The molecule has 0 aliphatic rings. The second-order valence-corrected chi connectivity index (χ2v) is 13.6. The molecule has 0 aliphatic carbocycles. The predicted molar refractivity (Wildman–Crippen MR) is 210 cm³/mol. The molecular weight excluding hydrogens is 615 g/mol. The minimum Gasteiger partial charge on any atom is -0.456 e. The first kappa shape index (κ1) is 27.9. The zero-order valence-corrected chi connectivity index (χ0v) is 27.3. The number of anilines is 3. The van der Waals surface area contributed by atoms with Crippen LogP contribution in [0.3, 0.4) is 0 Å². The second-order valence-electron chi connectivity index (χ2n) is 12.6. The number of nitrogens with zero attached hydrogens (tertiary/aromatic N) is 1. The maximum Gasteiger partial charge on any atom is 0.136 e. The highest BCUT2D eigenvalue weighted by atomic mass is 32.1. The van der Waals surface area contributed by atoms with Gasteiger partial charge < -0.3 is 9.32 Å². The van der Waals surface area contributed by atoms with Gasteiger partial charge in [-0.05, 0) is 99.8 Å². The third-order valence-electron chi connectivity index (χ3n) is 9.65. The van der Waals surface area contributed by atoms with Crippen molar-refractivity contribution >= 4 is 81.3 Å². The number of rotatable bonds is 5. The van der Waals surface area contributed by atoms with Crippen LogP contribution in [-0.2, 0) is 0 Å². The van der Waals surface area contributed by atoms with Crippen molar-refractivity contribution in [1.29, 1.82) is 0 Å². The van der Waals surface area contributed by atoms with Crippen LogP contribution >= 0.6 is 11.3 Å². The Kier molecular flexibility index (Phi) is 6.39. The summed E-state index contributed by atoms with van der Waals surface area (Å²) < 4.78 is 8.75. The van der Waals surface area contributed by atoms with Crippen molar-refractivity contribution in [3.05, 3.63) is 176 Å². The summed E-state index contributed by atoms with van der Waals surface area (Å²) in [4.78, 5) is 2.40. The Morgan fingerprint density at radius 2 is 1.02 bits per heavy atom. The molecule has 2 nitrogen and oxygen atoms in total. The molecule has 230 valence electrons. The van der Waals surface area contributed by atoms with Gasteiger partial charge in [0.1, 0.15) is 11.2 Å². The molecule has 0 spiro atoms. The average Bonchev–Trinajstić information content (AvgIpc) is 3.73. The van der Waals surface area contributed by atoms with Crippen LogP contribution in [0.15, 0.2) is 180 Å². The summed E-state index contributed by atoms with van der Waals surface area (Å²) in [7, 11) is 0. The number of benzene rings is 8. The quantitative estimate of drug-likeness (QED) is 0.186. The second kappa shape index (κ2) is 11.2. The average molecular weight is 644 g/mol. The maximum absolute atomic E-state index is 6.15. The maximum atomic E-state index is 6.15. The van der Waals surface area contributed by atoms with Gasteiger partial charge in [-0.1, -0.05) is 109 Å². The highest BCUT2D eigenvalue weighted by molar-refractivity contribution is 7.26. The standard InChI is InChI=1S/C46H29NOS/c1-2-9-30(10-3-1)31-19-23-36(24-20-31)47(41-13-8-16-45-46(41)39-12-5-7-15-44(39)49-45)37-25-21-32(22-26-37)33-17-18-34-29-43-40(28-35(34)27-33)38-11-4-6-14-42(38)48-43/h1-29H.